The van der Waals surface area contributed by atoms with E-state index in [4.69, 9.17) is 15.2 Å². The van der Waals surface area contributed by atoms with E-state index in [-0.39, 0.29) is 11.7 Å². The monoisotopic (exact) mass is 389 g/mol. The number of nitrogens with two attached hydrogens (primary N) is 1. The second-order valence-corrected chi connectivity index (χ2v) is 7.85. The zero-order valence-corrected chi connectivity index (χ0v) is 16.4. The highest BCUT2D eigenvalue weighted by Crippen LogP contribution is 2.36. The first-order valence-electron chi connectivity index (χ1n) is 9.52. The van der Waals surface area contributed by atoms with Gasteiger partial charge in [-0.3, -0.25) is 0 Å². The molecule has 0 saturated carbocycles. The Bertz CT molecular complexity index is 826. The lowest BCUT2D eigenvalue weighted by atomic mass is 9.82. The van der Waals surface area contributed by atoms with Gasteiger partial charge < -0.3 is 25.4 Å². The van der Waals surface area contributed by atoms with Gasteiger partial charge in [-0.15, -0.1) is 0 Å². The third-order valence-corrected chi connectivity index (χ3v) is 5.54. The average molecular weight is 389 g/mol. The number of halogens is 1. The highest BCUT2D eigenvalue weighted by molar-refractivity contribution is 5.69. The molecule has 0 spiro atoms. The van der Waals surface area contributed by atoms with Gasteiger partial charge in [0, 0.05) is 5.92 Å². The minimum Gasteiger partial charge on any atom is -0.462 e. The topological polar surface area (TPSA) is 84.9 Å². The van der Waals surface area contributed by atoms with E-state index >= 15 is 0 Å². The molecule has 0 aliphatic carbocycles. The van der Waals surface area contributed by atoms with Crippen LogP contribution < -0.4 is 10.5 Å². The van der Waals surface area contributed by atoms with E-state index in [1.165, 1.54) is 12.1 Å². The van der Waals surface area contributed by atoms with Crippen molar-refractivity contribution in [1.29, 1.82) is 0 Å². The van der Waals surface area contributed by atoms with Gasteiger partial charge in [0.25, 0.3) is 0 Å². The first-order chi connectivity index (χ1) is 13.2. The number of benzene rings is 2. The Labute approximate surface area is 164 Å². The summed E-state index contributed by atoms with van der Waals surface area (Å²) in [6.07, 6.45) is -2.52. The zero-order valence-electron chi connectivity index (χ0n) is 16.4. The molecule has 0 unspecified atom stereocenters. The van der Waals surface area contributed by atoms with E-state index in [1.807, 2.05) is 32.9 Å². The Morgan fingerprint density at radius 1 is 1.14 bits per heavy atom. The average Bonchev–Trinajstić information content (AvgIpc) is 2.66. The predicted octanol–water partition coefficient (Wildman–Crippen LogP) is 2.87. The minimum absolute atomic E-state index is 0.253. The molecule has 6 heteroatoms. The van der Waals surface area contributed by atoms with E-state index in [2.05, 4.69) is 0 Å². The summed E-state index contributed by atoms with van der Waals surface area (Å²) in [5.74, 6) is -0.119. The summed E-state index contributed by atoms with van der Waals surface area (Å²) in [6.45, 7) is 6.00. The van der Waals surface area contributed by atoms with Crippen molar-refractivity contribution >= 4 is 0 Å². The van der Waals surface area contributed by atoms with Crippen LogP contribution in [0.1, 0.15) is 26.3 Å². The molecule has 152 valence electrons. The van der Waals surface area contributed by atoms with Crippen molar-refractivity contribution in [2.45, 2.75) is 51.3 Å². The predicted molar refractivity (Wildman–Crippen MR) is 105 cm³/mol. The van der Waals surface area contributed by atoms with Crippen LogP contribution in [0.3, 0.4) is 0 Å². The van der Waals surface area contributed by atoms with Gasteiger partial charge in [-0.2, -0.15) is 0 Å². The van der Waals surface area contributed by atoms with E-state index in [0.717, 1.165) is 11.1 Å². The number of hydrogen-bond acceptors (Lipinski definition) is 5. The molecular weight excluding hydrogens is 361 g/mol. The van der Waals surface area contributed by atoms with Crippen molar-refractivity contribution in [3.05, 3.63) is 53.8 Å². The van der Waals surface area contributed by atoms with Crippen molar-refractivity contribution in [2.24, 2.45) is 11.7 Å². The molecular formula is C22H28FNO4. The van der Waals surface area contributed by atoms with E-state index in [1.54, 1.807) is 18.2 Å². The SMILES string of the molecule is C[C@@H]1[C@@H](O)[C@@H](O)[C@H](Oc2ccc(CCN)c(-c3cccc(F)c3)c2)OC1(C)C. The molecule has 1 aliphatic rings. The number of rotatable bonds is 5. The number of ether oxygens (including phenoxy) is 2. The van der Waals surface area contributed by atoms with Gasteiger partial charge in [0.1, 0.15) is 17.7 Å². The summed E-state index contributed by atoms with van der Waals surface area (Å²) in [7, 11) is 0. The molecule has 1 saturated heterocycles. The van der Waals surface area contributed by atoms with Crippen molar-refractivity contribution in [1.82, 2.24) is 0 Å². The Hall–Kier alpha value is -1.99. The minimum atomic E-state index is -1.18. The fourth-order valence-corrected chi connectivity index (χ4v) is 3.50. The molecule has 1 aliphatic heterocycles. The Morgan fingerprint density at radius 2 is 1.89 bits per heavy atom. The Kier molecular flexibility index (Phi) is 6.05. The number of hydrogen-bond donors (Lipinski definition) is 3. The van der Waals surface area contributed by atoms with Crippen LogP contribution in [-0.4, -0.2) is 40.9 Å². The molecule has 1 fully saturated rings. The summed E-state index contributed by atoms with van der Waals surface area (Å²) in [4.78, 5) is 0. The smallest absolute Gasteiger partial charge is 0.229 e. The van der Waals surface area contributed by atoms with Crippen molar-refractivity contribution < 1.29 is 24.1 Å². The van der Waals surface area contributed by atoms with E-state index in [9.17, 15) is 14.6 Å². The summed E-state index contributed by atoms with van der Waals surface area (Å²) in [5, 5.41) is 20.7. The maximum atomic E-state index is 13.7. The molecule has 2 aromatic carbocycles. The molecule has 1 heterocycles. The third-order valence-electron chi connectivity index (χ3n) is 5.54. The second-order valence-electron chi connectivity index (χ2n) is 7.85. The van der Waals surface area contributed by atoms with Crippen LogP contribution in [-0.2, 0) is 11.2 Å². The van der Waals surface area contributed by atoms with Crippen molar-refractivity contribution in [3.63, 3.8) is 0 Å². The lowest BCUT2D eigenvalue weighted by Crippen LogP contribution is -2.59. The van der Waals surface area contributed by atoms with Crippen LogP contribution in [0, 0.1) is 11.7 Å². The van der Waals surface area contributed by atoms with Gasteiger partial charge in [0.2, 0.25) is 6.29 Å². The van der Waals surface area contributed by atoms with E-state index < -0.39 is 24.1 Å². The highest BCUT2D eigenvalue weighted by Gasteiger charge is 2.47. The lowest BCUT2D eigenvalue weighted by Gasteiger charge is -2.46. The van der Waals surface area contributed by atoms with Crippen LogP contribution in [0.25, 0.3) is 11.1 Å². The molecule has 0 radical (unpaired) electrons. The summed E-state index contributed by atoms with van der Waals surface area (Å²) < 4.78 is 25.5. The molecule has 28 heavy (non-hydrogen) atoms. The van der Waals surface area contributed by atoms with Crippen LogP contribution in [0.2, 0.25) is 0 Å². The van der Waals surface area contributed by atoms with Crippen LogP contribution in [0.4, 0.5) is 4.39 Å². The van der Waals surface area contributed by atoms with Gasteiger partial charge in [0.05, 0.1) is 11.7 Å². The van der Waals surface area contributed by atoms with Crippen LogP contribution in [0.5, 0.6) is 5.75 Å². The first kappa shape index (κ1) is 20.7. The molecule has 0 aromatic heterocycles. The van der Waals surface area contributed by atoms with E-state index in [0.29, 0.717) is 24.3 Å². The molecule has 2 aromatic rings. The lowest BCUT2D eigenvalue weighted by molar-refractivity contribution is -0.284. The zero-order chi connectivity index (χ0) is 20.5. The summed E-state index contributed by atoms with van der Waals surface area (Å²) in [5.41, 5.74) is 7.55. The van der Waals surface area contributed by atoms with Crippen molar-refractivity contribution in [3.8, 4) is 16.9 Å². The molecule has 4 N–H and O–H groups in total. The molecule has 4 atom stereocenters. The highest BCUT2D eigenvalue weighted by atomic mass is 19.1. The quantitative estimate of drug-likeness (QED) is 0.732. The normalized spacial score (nSPS) is 26.8. The molecule has 3 rings (SSSR count). The maximum Gasteiger partial charge on any atom is 0.229 e. The Morgan fingerprint density at radius 3 is 2.57 bits per heavy atom. The van der Waals surface area contributed by atoms with Gasteiger partial charge in [-0.25, -0.2) is 4.39 Å². The number of aliphatic hydroxyl groups is 2. The number of aliphatic hydroxyl groups excluding tert-OH is 2. The van der Waals surface area contributed by atoms with Gasteiger partial charge in [-0.05, 0) is 67.8 Å². The second kappa shape index (κ2) is 8.17. The fourth-order valence-electron chi connectivity index (χ4n) is 3.50. The van der Waals surface area contributed by atoms with Crippen molar-refractivity contribution in [2.75, 3.05) is 6.54 Å². The largest absolute Gasteiger partial charge is 0.462 e. The molecule has 0 amide bonds. The van der Waals surface area contributed by atoms with Gasteiger partial charge in [0.15, 0.2) is 0 Å². The third kappa shape index (κ3) is 4.20. The molecule has 0 bridgehead atoms. The first-order valence-corrected chi connectivity index (χ1v) is 9.52. The summed E-state index contributed by atoms with van der Waals surface area (Å²) >= 11 is 0. The van der Waals surface area contributed by atoms with Gasteiger partial charge in [-0.1, -0.05) is 25.1 Å². The molecule has 5 nitrogen and oxygen atoms in total. The standard InChI is InChI=1S/C22H28FNO4/c1-13-19(25)20(26)21(28-22(13,2)3)27-17-8-7-14(9-10-24)18(12-17)15-5-4-6-16(23)11-15/h4-8,11-13,19-21,25-26H,9-10,24H2,1-3H3/t13-,19-,20-,21-/m1/s1. The summed E-state index contributed by atoms with van der Waals surface area (Å²) in [6, 6.07) is 11.8. The van der Waals surface area contributed by atoms with Crippen LogP contribution in [0.15, 0.2) is 42.5 Å². The fraction of sp³-hybridized carbons (Fsp3) is 0.455. The van der Waals surface area contributed by atoms with Gasteiger partial charge >= 0.3 is 0 Å². The maximum absolute atomic E-state index is 13.7. The Balaban J connectivity index is 1.92. The van der Waals surface area contributed by atoms with Crippen LogP contribution >= 0.6 is 0 Å².